The average molecular weight is 287 g/mol. The van der Waals surface area contributed by atoms with Crippen molar-refractivity contribution in [1.82, 2.24) is 5.32 Å². The van der Waals surface area contributed by atoms with E-state index in [9.17, 15) is 9.18 Å². The summed E-state index contributed by atoms with van der Waals surface area (Å²) in [6, 6.07) is 13.7. The van der Waals surface area contributed by atoms with Crippen LogP contribution in [-0.4, -0.2) is 12.5 Å². The van der Waals surface area contributed by atoms with Crippen molar-refractivity contribution in [2.24, 2.45) is 0 Å². The van der Waals surface area contributed by atoms with E-state index >= 15 is 0 Å². The minimum atomic E-state index is -0.307. The molecule has 2 aromatic rings. The summed E-state index contributed by atoms with van der Waals surface area (Å²) >= 11 is 0. The van der Waals surface area contributed by atoms with Crippen molar-refractivity contribution in [3.05, 3.63) is 65.5 Å². The molecular formula is C17H18FNO2. The van der Waals surface area contributed by atoms with E-state index < -0.39 is 0 Å². The van der Waals surface area contributed by atoms with Gasteiger partial charge in [0.2, 0.25) is 5.91 Å². The average Bonchev–Trinajstić information content (AvgIpc) is 2.47. The van der Waals surface area contributed by atoms with Crippen molar-refractivity contribution in [3.63, 3.8) is 0 Å². The maximum atomic E-state index is 12.7. The normalized spacial score (nSPS) is 10.2. The number of benzene rings is 2. The fraction of sp³-hybridized carbons (Fsp3) is 0.235. The van der Waals surface area contributed by atoms with Crippen molar-refractivity contribution >= 4 is 5.91 Å². The van der Waals surface area contributed by atoms with Crippen LogP contribution in [-0.2, 0) is 11.3 Å². The lowest BCUT2D eigenvalue weighted by Crippen LogP contribution is -2.24. The summed E-state index contributed by atoms with van der Waals surface area (Å²) in [6.07, 6.45) is 0.267. The first kappa shape index (κ1) is 15.0. The van der Waals surface area contributed by atoms with Gasteiger partial charge >= 0.3 is 0 Å². The zero-order chi connectivity index (χ0) is 15.1. The van der Waals surface area contributed by atoms with Gasteiger partial charge in [-0.3, -0.25) is 4.79 Å². The van der Waals surface area contributed by atoms with Gasteiger partial charge in [-0.2, -0.15) is 0 Å². The molecule has 0 unspecified atom stereocenters. The van der Waals surface area contributed by atoms with Crippen molar-refractivity contribution in [1.29, 1.82) is 0 Å². The Morgan fingerprint density at radius 1 is 1.19 bits per heavy atom. The zero-order valence-corrected chi connectivity index (χ0v) is 11.9. The number of nitrogens with one attached hydrogen (secondary N) is 1. The molecule has 0 heterocycles. The molecule has 0 bridgehead atoms. The van der Waals surface area contributed by atoms with Gasteiger partial charge in [-0.15, -0.1) is 0 Å². The van der Waals surface area contributed by atoms with Crippen LogP contribution in [0.1, 0.15) is 17.5 Å². The second-order valence-corrected chi connectivity index (χ2v) is 4.82. The van der Waals surface area contributed by atoms with Crippen LogP contribution < -0.4 is 10.1 Å². The minimum Gasteiger partial charge on any atom is -0.493 e. The highest BCUT2D eigenvalue weighted by atomic mass is 19.1. The first-order chi connectivity index (χ1) is 10.1. The molecule has 0 atom stereocenters. The lowest BCUT2D eigenvalue weighted by Gasteiger charge is -2.08. The Balaban J connectivity index is 1.69. The molecule has 1 amide bonds. The van der Waals surface area contributed by atoms with Gasteiger partial charge in [0.05, 0.1) is 13.0 Å². The Kier molecular flexibility index (Phi) is 5.32. The molecule has 0 spiro atoms. The van der Waals surface area contributed by atoms with Crippen LogP contribution >= 0.6 is 0 Å². The van der Waals surface area contributed by atoms with Crippen molar-refractivity contribution < 1.29 is 13.9 Å². The van der Waals surface area contributed by atoms with E-state index in [2.05, 4.69) is 5.32 Å². The van der Waals surface area contributed by atoms with Gasteiger partial charge in [-0.05, 0) is 36.8 Å². The van der Waals surface area contributed by atoms with Crippen LogP contribution in [0.4, 0.5) is 4.39 Å². The number of hydrogen-bond donors (Lipinski definition) is 1. The topological polar surface area (TPSA) is 38.3 Å². The Morgan fingerprint density at radius 2 is 1.95 bits per heavy atom. The van der Waals surface area contributed by atoms with Crippen LogP contribution in [0.5, 0.6) is 5.75 Å². The van der Waals surface area contributed by atoms with E-state index in [1.807, 2.05) is 31.2 Å². The maximum absolute atomic E-state index is 12.7. The molecule has 21 heavy (non-hydrogen) atoms. The lowest BCUT2D eigenvalue weighted by molar-refractivity contribution is -0.121. The van der Waals surface area contributed by atoms with E-state index in [4.69, 9.17) is 4.74 Å². The Hall–Kier alpha value is -2.36. The van der Waals surface area contributed by atoms with Gasteiger partial charge in [0, 0.05) is 6.54 Å². The van der Waals surface area contributed by atoms with E-state index in [0.29, 0.717) is 12.3 Å². The Bertz CT molecular complexity index is 596. The molecule has 0 saturated carbocycles. The standard InChI is InChI=1S/C17H18FNO2/c1-13-3-2-4-14(11-13)12-19-17(20)9-10-21-16-7-5-15(18)6-8-16/h2-8,11H,9-10,12H2,1H3,(H,19,20). The summed E-state index contributed by atoms with van der Waals surface area (Å²) in [5.41, 5.74) is 2.24. The predicted molar refractivity (Wildman–Crippen MR) is 79.5 cm³/mol. The predicted octanol–water partition coefficient (Wildman–Crippen LogP) is 3.22. The largest absolute Gasteiger partial charge is 0.493 e. The number of aryl methyl sites for hydroxylation is 1. The molecule has 2 aromatic carbocycles. The maximum Gasteiger partial charge on any atom is 0.223 e. The van der Waals surface area contributed by atoms with Crippen LogP contribution in [0.3, 0.4) is 0 Å². The van der Waals surface area contributed by atoms with Gasteiger partial charge in [0.25, 0.3) is 0 Å². The number of carbonyl (C=O) groups excluding carboxylic acids is 1. The first-order valence-corrected chi connectivity index (χ1v) is 6.84. The minimum absolute atomic E-state index is 0.0707. The highest BCUT2D eigenvalue weighted by Gasteiger charge is 2.02. The number of rotatable bonds is 6. The third kappa shape index (κ3) is 5.26. The molecule has 0 saturated heterocycles. The van der Waals surface area contributed by atoms with Crippen LogP contribution in [0.15, 0.2) is 48.5 Å². The van der Waals surface area contributed by atoms with Crippen molar-refractivity contribution in [2.45, 2.75) is 19.9 Å². The smallest absolute Gasteiger partial charge is 0.223 e. The molecule has 0 aromatic heterocycles. The second kappa shape index (κ2) is 7.43. The number of halogens is 1. The molecule has 3 nitrogen and oxygen atoms in total. The van der Waals surface area contributed by atoms with Gasteiger partial charge in [0.1, 0.15) is 11.6 Å². The Labute approximate surface area is 123 Å². The van der Waals surface area contributed by atoms with Crippen molar-refractivity contribution in [2.75, 3.05) is 6.61 Å². The van der Waals surface area contributed by atoms with Gasteiger partial charge in [-0.1, -0.05) is 29.8 Å². The summed E-state index contributed by atoms with van der Waals surface area (Å²) in [5.74, 6) is 0.180. The summed E-state index contributed by atoms with van der Waals surface area (Å²) < 4.78 is 18.1. The van der Waals surface area contributed by atoms with Crippen LogP contribution in [0.2, 0.25) is 0 Å². The van der Waals surface area contributed by atoms with E-state index in [1.54, 1.807) is 12.1 Å². The summed E-state index contributed by atoms with van der Waals surface area (Å²) in [5, 5.41) is 2.84. The van der Waals surface area contributed by atoms with E-state index in [-0.39, 0.29) is 24.8 Å². The molecule has 2 rings (SSSR count). The monoisotopic (exact) mass is 287 g/mol. The fourth-order valence-corrected chi connectivity index (χ4v) is 1.90. The number of hydrogen-bond acceptors (Lipinski definition) is 2. The number of ether oxygens (including phenoxy) is 1. The summed E-state index contributed by atoms with van der Waals surface area (Å²) in [6.45, 7) is 2.80. The zero-order valence-electron chi connectivity index (χ0n) is 11.9. The molecule has 0 fully saturated rings. The Morgan fingerprint density at radius 3 is 2.67 bits per heavy atom. The van der Waals surface area contributed by atoms with Crippen molar-refractivity contribution in [3.8, 4) is 5.75 Å². The molecule has 110 valence electrons. The second-order valence-electron chi connectivity index (χ2n) is 4.82. The summed E-state index contributed by atoms with van der Waals surface area (Å²) in [7, 11) is 0. The molecule has 0 radical (unpaired) electrons. The molecule has 1 N–H and O–H groups in total. The first-order valence-electron chi connectivity index (χ1n) is 6.84. The highest BCUT2D eigenvalue weighted by Crippen LogP contribution is 2.11. The molecule has 0 aliphatic carbocycles. The SMILES string of the molecule is Cc1cccc(CNC(=O)CCOc2ccc(F)cc2)c1. The quantitative estimate of drug-likeness (QED) is 0.886. The van der Waals surface area contributed by atoms with Crippen LogP contribution in [0, 0.1) is 12.7 Å². The van der Waals surface area contributed by atoms with E-state index in [1.165, 1.54) is 17.7 Å². The summed E-state index contributed by atoms with van der Waals surface area (Å²) in [4.78, 5) is 11.7. The molecular weight excluding hydrogens is 269 g/mol. The molecule has 4 heteroatoms. The third-order valence-corrected chi connectivity index (χ3v) is 2.98. The fourth-order valence-electron chi connectivity index (χ4n) is 1.90. The lowest BCUT2D eigenvalue weighted by atomic mass is 10.1. The van der Waals surface area contributed by atoms with E-state index in [0.717, 1.165) is 5.56 Å². The van der Waals surface area contributed by atoms with Gasteiger partial charge < -0.3 is 10.1 Å². The molecule has 0 aliphatic heterocycles. The third-order valence-electron chi connectivity index (χ3n) is 2.98. The van der Waals surface area contributed by atoms with Gasteiger partial charge in [0.15, 0.2) is 0 Å². The number of amides is 1. The number of carbonyl (C=O) groups is 1. The highest BCUT2D eigenvalue weighted by molar-refractivity contribution is 5.76. The van der Waals surface area contributed by atoms with Crippen LogP contribution in [0.25, 0.3) is 0 Å². The van der Waals surface area contributed by atoms with Gasteiger partial charge in [-0.25, -0.2) is 4.39 Å². The molecule has 0 aliphatic rings.